The largest absolute Gasteiger partial charge is 0.493 e. The van der Waals surface area contributed by atoms with Gasteiger partial charge < -0.3 is 14.8 Å². The Morgan fingerprint density at radius 1 is 1.04 bits per heavy atom. The highest BCUT2D eigenvalue weighted by Crippen LogP contribution is 2.37. The number of benzene rings is 2. The Balaban J connectivity index is 0.00000210. The highest BCUT2D eigenvalue weighted by atomic mass is 35.5. The van der Waals surface area contributed by atoms with Gasteiger partial charge in [-0.25, -0.2) is 0 Å². The molecule has 0 saturated carbocycles. The predicted molar refractivity (Wildman–Crippen MR) is 111 cm³/mol. The lowest BCUT2D eigenvalue weighted by molar-refractivity contribution is 0.265. The molecule has 27 heavy (non-hydrogen) atoms. The van der Waals surface area contributed by atoms with Crippen LogP contribution in [0.2, 0.25) is 0 Å². The molecule has 2 heterocycles. The van der Waals surface area contributed by atoms with E-state index in [0.29, 0.717) is 12.0 Å². The van der Waals surface area contributed by atoms with E-state index < -0.39 is 0 Å². The summed E-state index contributed by atoms with van der Waals surface area (Å²) in [6, 6.07) is 16.6. The highest BCUT2D eigenvalue weighted by Gasteiger charge is 2.40. The van der Waals surface area contributed by atoms with Crippen LogP contribution in [0.1, 0.15) is 24.0 Å². The summed E-state index contributed by atoms with van der Waals surface area (Å²) in [6.45, 7) is 6.28. The SMILES string of the molecule is COc1ccc(CN2CCC3(CCNC3)C2)cc1OCc1ccccc1.Cl. The molecular weight excluding hydrogens is 360 g/mol. The molecule has 1 unspecified atom stereocenters. The minimum atomic E-state index is 0. The zero-order valence-electron chi connectivity index (χ0n) is 15.9. The predicted octanol–water partition coefficient (Wildman–Crippen LogP) is 3.88. The molecule has 2 fully saturated rings. The van der Waals surface area contributed by atoms with Crippen molar-refractivity contribution in [2.24, 2.45) is 5.41 Å². The van der Waals surface area contributed by atoms with Gasteiger partial charge in [0, 0.05) is 19.6 Å². The smallest absolute Gasteiger partial charge is 0.161 e. The first-order valence-corrected chi connectivity index (χ1v) is 9.53. The maximum atomic E-state index is 6.06. The summed E-state index contributed by atoms with van der Waals surface area (Å²) in [7, 11) is 1.70. The van der Waals surface area contributed by atoms with Crippen LogP contribution in [0.15, 0.2) is 48.5 Å². The summed E-state index contributed by atoms with van der Waals surface area (Å²) in [5.41, 5.74) is 2.96. The normalized spacial score (nSPS) is 22.0. The van der Waals surface area contributed by atoms with E-state index in [1.54, 1.807) is 7.11 Å². The molecule has 2 saturated heterocycles. The summed E-state index contributed by atoms with van der Waals surface area (Å²) in [5.74, 6) is 1.62. The third-order valence-electron chi connectivity index (χ3n) is 5.72. The fourth-order valence-corrected chi connectivity index (χ4v) is 4.23. The highest BCUT2D eigenvalue weighted by molar-refractivity contribution is 5.85. The van der Waals surface area contributed by atoms with Crippen LogP contribution < -0.4 is 14.8 Å². The fourth-order valence-electron chi connectivity index (χ4n) is 4.23. The van der Waals surface area contributed by atoms with Crippen molar-refractivity contribution in [3.8, 4) is 11.5 Å². The van der Waals surface area contributed by atoms with Crippen molar-refractivity contribution < 1.29 is 9.47 Å². The van der Waals surface area contributed by atoms with Gasteiger partial charge >= 0.3 is 0 Å². The number of rotatable bonds is 6. The zero-order valence-corrected chi connectivity index (χ0v) is 16.8. The summed E-state index contributed by atoms with van der Waals surface area (Å²) in [6.07, 6.45) is 2.63. The van der Waals surface area contributed by atoms with Gasteiger partial charge in [-0.2, -0.15) is 0 Å². The molecule has 1 atom stereocenters. The van der Waals surface area contributed by atoms with Crippen LogP contribution in [0.25, 0.3) is 0 Å². The standard InChI is InChI=1S/C22H28N2O2.ClH/c1-25-20-8-7-19(13-21(20)26-15-18-5-3-2-4-6-18)14-24-12-10-22(17-24)9-11-23-16-22;/h2-8,13,23H,9-12,14-17H2,1H3;1H. The minimum absolute atomic E-state index is 0. The minimum Gasteiger partial charge on any atom is -0.493 e. The van der Waals surface area contributed by atoms with Crippen molar-refractivity contribution in [3.05, 3.63) is 59.7 Å². The summed E-state index contributed by atoms with van der Waals surface area (Å²) >= 11 is 0. The van der Waals surface area contributed by atoms with Gasteiger partial charge in [0.1, 0.15) is 6.61 Å². The molecule has 1 N–H and O–H groups in total. The molecule has 2 aromatic rings. The second-order valence-corrected chi connectivity index (χ2v) is 7.65. The van der Waals surface area contributed by atoms with Crippen LogP contribution in [0.4, 0.5) is 0 Å². The quantitative estimate of drug-likeness (QED) is 0.814. The topological polar surface area (TPSA) is 33.7 Å². The number of likely N-dealkylation sites (tertiary alicyclic amines) is 1. The van der Waals surface area contributed by atoms with E-state index in [9.17, 15) is 0 Å². The lowest BCUT2D eigenvalue weighted by atomic mass is 9.86. The Hall–Kier alpha value is -1.75. The van der Waals surface area contributed by atoms with Crippen molar-refractivity contribution in [3.63, 3.8) is 0 Å². The van der Waals surface area contributed by atoms with Gasteiger partial charge in [0.2, 0.25) is 0 Å². The van der Waals surface area contributed by atoms with E-state index in [1.165, 1.54) is 44.6 Å². The number of methoxy groups -OCH3 is 1. The second-order valence-electron chi connectivity index (χ2n) is 7.65. The van der Waals surface area contributed by atoms with Gasteiger partial charge in [-0.05, 0) is 54.6 Å². The number of hydrogen-bond acceptors (Lipinski definition) is 4. The average Bonchev–Trinajstić information content (AvgIpc) is 3.30. The van der Waals surface area contributed by atoms with Crippen LogP contribution in [0, 0.1) is 5.41 Å². The van der Waals surface area contributed by atoms with E-state index >= 15 is 0 Å². The van der Waals surface area contributed by atoms with Gasteiger partial charge in [0.25, 0.3) is 0 Å². The maximum absolute atomic E-state index is 6.06. The number of nitrogens with zero attached hydrogens (tertiary/aromatic N) is 1. The van der Waals surface area contributed by atoms with Crippen LogP contribution in [-0.2, 0) is 13.2 Å². The number of hydrogen-bond donors (Lipinski definition) is 1. The van der Waals surface area contributed by atoms with Crippen molar-refractivity contribution >= 4 is 12.4 Å². The molecule has 5 heteroatoms. The molecule has 4 rings (SSSR count). The fraction of sp³-hybridized carbons (Fsp3) is 0.455. The number of ether oxygens (including phenoxy) is 2. The monoisotopic (exact) mass is 388 g/mol. The van der Waals surface area contributed by atoms with Crippen LogP contribution >= 0.6 is 12.4 Å². The first-order valence-electron chi connectivity index (χ1n) is 9.53. The third kappa shape index (κ3) is 4.75. The summed E-state index contributed by atoms with van der Waals surface area (Å²) in [5, 5.41) is 3.53. The molecule has 2 aliphatic rings. The lowest BCUT2D eigenvalue weighted by Crippen LogP contribution is -2.28. The molecule has 0 amide bonds. The summed E-state index contributed by atoms with van der Waals surface area (Å²) in [4.78, 5) is 2.58. The number of nitrogens with one attached hydrogen (secondary N) is 1. The van der Waals surface area contributed by atoms with E-state index in [4.69, 9.17) is 9.47 Å². The molecule has 0 aromatic heterocycles. The van der Waals surface area contributed by atoms with E-state index in [1.807, 2.05) is 24.3 Å². The van der Waals surface area contributed by atoms with Gasteiger partial charge in [-0.15, -0.1) is 12.4 Å². The van der Waals surface area contributed by atoms with Gasteiger partial charge in [0.05, 0.1) is 7.11 Å². The maximum Gasteiger partial charge on any atom is 0.161 e. The first kappa shape index (κ1) is 20.0. The van der Waals surface area contributed by atoms with Crippen molar-refractivity contribution in [2.45, 2.75) is 26.0 Å². The molecule has 2 aromatic carbocycles. The van der Waals surface area contributed by atoms with Gasteiger partial charge in [0.15, 0.2) is 11.5 Å². The molecule has 0 aliphatic carbocycles. The van der Waals surface area contributed by atoms with Gasteiger partial charge in [-0.1, -0.05) is 36.4 Å². The average molecular weight is 389 g/mol. The van der Waals surface area contributed by atoms with E-state index in [-0.39, 0.29) is 12.4 Å². The molecule has 146 valence electrons. The second kappa shape index (κ2) is 8.96. The molecule has 0 radical (unpaired) electrons. The Kier molecular flexibility index (Phi) is 6.64. The Bertz CT molecular complexity index is 732. The van der Waals surface area contributed by atoms with E-state index in [0.717, 1.165) is 23.6 Å². The van der Waals surface area contributed by atoms with E-state index in [2.05, 4.69) is 34.5 Å². The van der Waals surface area contributed by atoms with Gasteiger partial charge in [-0.3, -0.25) is 4.90 Å². The third-order valence-corrected chi connectivity index (χ3v) is 5.72. The Labute approximate surface area is 168 Å². The Morgan fingerprint density at radius 2 is 1.89 bits per heavy atom. The molecule has 2 aliphatic heterocycles. The number of halogens is 1. The zero-order chi connectivity index (χ0) is 17.8. The van der Waals surface area contributed by atoms with Crippen LogP contribution in [0.5, 0.6) is 11.5 Å². The molecular formula is C22H29ClN2O2. The summed E-state index contributed by atoms with van der Waals surface area (Å²) < 4.78 is 11.5. The van der Waals surface area contributed by atoms with Crippen LogP contribution in [0.3, 0.4) is 0 Å². The van der Waals surface area contributed by atoms with Crippen molar-refractivity contribution in [2.75, 3.05) is 33.3 Å². The Morgan fingerprint density at radius 3 is 2.63 bits per heavy atom. The first-order chi connectivity index (χ1) is 12.8. The lowest BCUT2D eigenvalue weighted by Gasteiger charge is -2.23. The van der Waals surface area contributed by atoms with Crippen molar-refractivity contribution in [1.82, 2.24) is 10.2 Å². The molecule has 0 bridgehead atoms. The van der Waals surface area contributed by atoms with Crippen LogP contribution in [-0.4, -0.2) is 38.2 Å². The molecule has 4 nitrogen and oxygen atoms in total. The van der Waals surface area contributed by atoms with Crippen molar-refractivity contribution in [1.29, 1.82) is 0 Å². The molecule has 1 spiro atoms.